The summed E-state index contributed by atoms with van der Waals surface area (Å²) in [7, 11) is -1.48. The Kier molecular flexibility index (Phi) is 4.19. The third-order valence-corrected chi connectivity index (χ3v) is 5.34. The first-order valence-corrected chi connectivity index (χ1v) is 8.95. The number of nitrogens with one attached hydrogen (secondary N) is 1. The molecule has 0 aliphatic carbocycles. The van der Waals surface area contributed by atoms with Gasteiger partial charge in [0.05, 0.1) is 11.9 Å². The van der Waals surface area contributed by atoms with Gasteiger partial charge in [-0.1, -0.05) is 29.8 Å². The number of fused-ring (bicyclic) bond motifs is 1. The zero-order chi connectivity index (χ0) is 16.4. The molecular weight excluding hydrogens is 310 g/mol. The number of para-hydroxylation sites is 2. The molecule has 0 bridgehead atoms. The summed E-state index contributed by atoms with van der Waals surface area (Å²) < 4.78 is 31.3. The van der Waals surface area contributed by atoms with Crippen molar-refractivity contribution in [2.75, 3.05) is 6.54 Å². The van der Waals surface area contributed by atoms with Gasteiger partial charge in [0.15, 0.2) is 11.0 Å². The number of rotatable bonds is 5. The Morgan fingerprint density at radius 2 is 1.78 bits per heavy atom. The molecule has 120 valence electrons. The van der Waals surface area contributed by atoms with E-state index in [1.807, 2.05) is 53.7 Å². The lowest BCUT2D eigenvalue weighted by Gasteiger charge is -2.06. The fourth-order valence-corrected chi connectivity index (χ4v) is 3.64. The Bertz CT molecular complexity index is 928. The lowest BCUT2D eigenvalue weighted by Crippen LogP contribution is -2.28. The van der Waals surface area contributed by atoms with Gasteiger partial charge in [-0.25, -0.2) is 22.3 Å². The van der Waals surface area contributed by atoms with E-state index < -0.39 is 10.0 Å². The molecule has 0 saturated carbocycles. The first-order chi connectivity index (χ1) is 11.0. The molecule has 5 nitrogen and oxygen atoms in total. The monoisotopic (exact) mass is 330 g/mol. The highest BCUT2D eigenvalue weighted by atomic mass is 32.2. The topological polar surface area (TPSA) is 55.0 Å². The summed E-state index contributed by atoms with van der Waals surface area (Å²) in [6.45, 7) is 2.85. The zero-order valence-corrected chi connectivity index (χ0v) is 14.0. The number of nitrogens with zero attached hydrogens (tertiary/aromatic N) is 2. The minimum absolute atomic E-state index is 0.297. The maximum atomic E-state index is 12.3. The molecule has 0 amide bonds. The molecule has 0 atom stereocenters. The van der Waals surface area contributed by atoms with Crippen LogP contribution in [0.3, 0.4) is 0 Å². The predicted octanol–water partition coefficient (Wildman–Crippen LogP) is 1.75. The second-order valence-corrected chi connectivity index (χ2v) is 7.39. The molecule has 0 aliphatic heterocycles. The first-order valence-electron chi connectivity index (χ1n) is 7.47. The number of benzene rings is 2. The normalized spacial score (nSPS) is 11.9. The quantitative estimate of drug-likeness (QED) is 0.725. The maximum absolute atomic E-state index is 12.3. The van der Waals surface area contributed by atoms with E-state index in [1.54, 1.807) is 24.3 Å². The van der Waals surface area contributed by atoms with E-state index in [0.717, 1.165) is 16.6 Å². The van der Waals surface area contributed by atoms with E-state index in [1.165, 1.54) is 0 Å². The summed E-state index contributed by atoms with van der Waals surface area (Å²) in [6.07, 6.45) is 1.98. The molecule has 0 unspecified atom stereocenters. The average molecular weight is 330 g/mol. The van der Waals surface area contributed by atoms with Crippen molar-refractivity contribution in [3.63, 3.8) is 0 Å². The van der Waals surface area contributed by atoms with E-state index in [4.69, 9.17) is 0 Å². The van der Waals surface area contributed by atoms with E-state index in [9.17, 15) is 8.42 Å². The molecule has 0 spiro atoms. The molecule has 0 aliphatic rings. The van der Waals surface area contributed by atoms with Crippen molar-refractivity contribution in [2.45, 2.75) is 18.4 Å². The summed E-state index contributed by atoms with van der Waals surface area (Å²) in [4.78, 5) is 0.297. The highest BCUT2D eigenvalue weighted by molar-refractivity contribution is 7.89. The van der Waals surface area contributed by atoms with Crippen molar-refractivity contribution >= 4 is 21.1 Å². The van der Waals surface area contributed by atoms with Crippen molar-refractivity contribution in [2.24, 2.45) is 7.05 Å². The van der Waals surface area contributed by atoms with Crippen LogP contribution >= 0.6 is 0 Å². The number of sulfonamides is 1. The number of aromatic nitrogens is 2. The van der Waals surface area contributed by atoms with Crippen LogP contribution in [0.2, 0.25) is 0 Å². The molecular formula is C17H20N3O2S+. The molecule has 0 saturated heterocycles. The van der Waals surface area contributed by atoms with Crippen LogP contribution in [0.4, 0.5) is 0 Å². The second-order valence-electron chi connectivity index (χ2n) is 5.62. The van der Waals surface area contributed by atoms with Crippen molar-refractivity contribution in [1.29, 1.82) is 0 Å². The lowest BCUT2D eigenvalue weighted by molar-refractivity contribution is -0.645. The van der Waals surface area contributed by atoms with Gasteiger partial charge in [0.2, 0.25) is 16.4 Å². The first kappa shape index (κ1) is 15.7. The molecule has 1 heterocycles. The van der Waals surface area contributed by atoms with Crippen LogP contribution in [0.15, 0.2) is 59.8 Å². The van der Waals surface area contributed by atoms with E-state index in [2.05, 4.69) is 4.72 Å². The average Bonchev–Trinajstić information content (AvgIpc) is 2.85. The minimum Gasteiger partial charge on any atom is -0.233 e. The Balaban J connectivity index is 1.72. The number of imidazole rings is 1. The summed E-state index contributed by atoms with van der Waals surface area (Å²) in [6, 6.07) is 14.9. The third kappa shape index (κ3) is 3.28. The molecule has 0 fully saturated rings. The molecule has 6 heteroatoms. The summed E-state index contributed by atoms with van der Waals surface area (Å²) in [5.74, 6) is 0. The lowest BCUT2D eigenvalue weighted by atomic mass is 10.2. The minimum atomic E-state index is -3.46. The standard InChI is InChI=1S/C17H20N3O2S/c1-14-7-9-15(10-8-14)23(21,22)18-11-12-20-13-19(2)16-5-3-4-6-17(16)20/h3-10,13,18H,11-12H2,1-2H3/q+1. The summed E-state index contributed by atoms with van der Waals surface area (Å²) in [5.41, 5.74) is 3.24. The van der Waals surface area contributed by atoms with Crippen LogP contribution in [-0.4, -0.2) is 19.5 Å². The van der Waals surface area contributed by atoms with Gasteiger partial charge in [0.1, 0.15) is 6.54 Å². The van der Waals surface area contributed by atoms with Gasteiger partial charge in [0.25, 0.3) is 0 Å². The van der Waals surface area contributed by atoms with E-state index >= 15 is 0 Å². The number of aryl methyl sites for hydroxylation is 2. The third-order valence-electron chi connectivity index (χ3n) is 3.86. The van der Waals surface area contributed by atoms with Crippen LogP contribution in [-0.2, 0) is 23.6 Å². The Labute approximate surface area is 136 Å². The highest BCUT2D eigenvalue weighted by Crippen LogP contribution is 2.11. The van der Waals surface area contributed by atoms with Crippen LogP contribution in [0, 0.1) is 6.92 Å². The fourth-order valence-electron chi connectivity index (χ4n) is 2.62. The van der Waals surface area contributed by atoms with E-state index in [-0.39, 0.29) is 0 Å². The van der Waals surface area contributed by atoms with Crippen molar-refractivity contribution in [3.05, 3.63) is 60.4 Å². The highest BCUT2D eigenvalue weighted by Gasteiger charge is 2.15. The zero-order valence-electron chi connectivity index (χ0n) is 13.2. The fraction of sp³-hybridized carbons (Fsp3) is 0.235. The van der Waals surface area contributed by atoms with Crippen molar-refractivity contribution in [3.8, 4) is 0 Å². The molecule has 3 aromatic rings. The van der Waals surface area contributed by atoms with Gasteiger partial charge >= 0.3 is 0 Å². The molecule has 23 heavy (non-hydrogen) atoms. The van der Waals surface area contributed by atoms with Gasteiger partial charge in [-0.15, -0.1) is 0 Å². The van der Waals surface area contributed by atoms with Gasteiger partial charge in [-0.2, -0.15) is 0 Å². The van der Waals surface area contributed by atoms with Crippen LogP contribution in [0.5, 0.6) is 0 Å². The molecule has 2 aromatic carbocycles. The Morgan fingerprint density at radius 3 is 2.52 bits per heavy atom. The second kappa shape index (κ2) is 6.14. The summed E-state index contributed by atoms with van der Waals surface area (Å²) >= 11 is 0. The molecule has 1 N–H and O–H groups in total. The number of hydrogen-bond donors (Lipinski definition) is 1. The van der Waals surface area contributed by atoms with Crippen molar-refractivity contribution < 1.29 is 13.0 Å². The van der Waals surface area contributed by atoms with Gasteiger partial charge in [0, 0.05) is 6.54 Å². The Morgan fingerprint density at radius 1 is 1.09 bits per heavy atom. The molecule has 3 rings (SSSR count). The summed E-state index contributed by atoms with van der Waals surface area (Å²) in [5, 5.41) is 0. The number of hydrogen-bond acceptors (Lipinski definition) is 2. The molecule has 0 radical (unpaired) electrons. The van der Waals surface area contributed by atoms with Crippen LogP contribution in [0.1, 0.15) is 5.56 Å². The van der Waals surface area contributed by atoms with Gasteiger partial charge < -0.3 is 0 Å². The van der Waals surface area contributed by atoms with Gasteiger partial charge in [-0.3, -0.25) is 0 Å². The Hall–Kier alpha value is -2.18. The van der Waals surface area contributed by atoms with E-state index in [0.29, 0.717) is 18.0 Å². The molecule has 1 aromatic heterocycles. The van der Waals surface area contributed by atoms with Gasteiger partial charge in [-0.05, 0) is 31.2 Å². The SMILES string of the molecule is Cc1ccc(S(=O)(=O)NCCn2c[n+](C)c3ccccc32)cc1. The largest absolute Gasteiger partial charge is 0.244 e. The predicted molar refractivity (Wildman–Crippen MR) is 89.5 cm³/mol. The smallest absolute Gasteiger partial charge is 0.233 e. The van der Waals surface area contributed by atoms with Crippen LogP contribution in [0.25, 0.3) is 11.0 Å². The van der Waals surface area contributed by atoms with Crippen molar-refractivity contribution in [1.82, 2.24) is 9.29 Å². The van der Waals surface area contributed by atoms with Crippen LogP contribution < -0.4 is 9.29 Å². The maximum Gasteiger partial charge on any atom is 0.244 e.